The molecule has 0 saturated heterocycles. The maximum absolute atomic E-state index is 11.7. The lowest BCUT2D eigenvalue weighted by Crippen LogP contribution is -2.35. The average molecular weight is 378 g/mol. The van der Waals surface area contributed by atoms with Crippen LogP contribution in [0.15, 0.2) is 28.7 Å². The van der Waals surface area contributed by atoms with Gasteiger partial charge >= 0.3 is 5.97 Å². The molecule has 7 heteroatoms. The normalized spacial score (nSPS) is 12.0. The highest BCUT2D eigenvalue weighted by Crippen LogP contribution is 2.14. The van der Waals surface area contributed by atoms with Crippen LogP contribution < -0.4 is 0 Å². The molecule has 0 heterocycles. The van der Waals surface area contributed by atoms with Crippen LogP contribution in [0.1, 0.15) is 19.4 Å². The summed E-state index contributed by atoms with van der Waals surface area (Å²) in [5.74, 6) is -2.26. The van der Waals surface area contributed by atoms with Crippen LogP contribution in [0.3, 0.4) is 0 Å². The van der Waals surface area contributed by atoms with Crippen molar-refractivity contribution in [1.82, 2.24) is 4.90 Å². The van der Waals surface area contributed by atoms with Crippen LogP contribution in [-0.2, 0) is 21.2 Å². The van der Waals surface area contributed by atoms with Crippen molar-refractivity contribution in [2.24, 2.45) is 0 Å². The van der Waals surface area contributed by atoms with Gasteiger partial charge in [-0.25, -0.2) is 8.42 Å². The molecule has 0 amide bonds. The van der Waals surface area contributed by atoms with Gasteiger partial charge in [-0.2, -0.15) is 0 Å². The molecule has 0 radical (unpaired) electrons. The highest BCUT2D eigenvalue weighted by atomic mass is 79.9. The second kappa shape index (κ2) is 7.91. The highest BCUT2D eigenvalue weighted by molar-refractivity contribution is 9.10. The fourth-order valence-corrected chi connectivity index (χ4v) is 3.39. The molecule has 1 N–H and O–H groups in total. The molecule has 0 bridgehead atoms. The van der Waals surface area contributed by atoms with Crippen LogP contribution in [0, 0.1) is 0 Å². The van der Waals surface area contributed by atoms with Crippen LogP contribution in [0.4, 0.5) is 0 Å². The Bertz CT molecular complexity index is 586. The van der Waals surface area contributed by atoms with E-state index in [2.05, 4.69) is 15.9 Å². The van der Waals surface area contributed by atoms with E-state index in [0.717, 1.165) is 10.0 Å². The van der Waals surface area contributed by atoms with Gasteiger partial charge in [0.05, 0.1) is 5.75 Å². The Morgan fingerprint density at radius 2 is 2.05 bits per heavy atom. The molecule has 0 aliphatic heterocycles. The highest BCUT2D eigenvalue weighted by Gasteiger charge is 2.19. The minimum Gasteiger partial charge on any atom is -0.480 e. The molecule has 0 saturated carbocycles. The quantitative estimate of drug-likeness (QED) is 0.751. The maximum Gasteiger partial charge on any atom is 0.318 e. The van der Waals surface area contributed by atoms with E-state index in [-0.39, 0.29) is 11.8 Å². The summed E-state index contributed by atoms with van der Waals surface area (Å²) < 4.78 is 24.3. The SMILES string of the molecule is CC(C)N(CCS(=O)(=O)CC(=O)O)Cc1cccc(Br)c1. The first-order valence-electron chi connectivity index (χ1n) is 6.60. The summed E-state index contributed by atoms with van der Waals surface area (Å²) in [7, 11) is -3.56. The number of carboxylic acid groups (broad SMARTS) is 1. The number of carbonyl (C=O) groups is 1. The molecule has 1 aromatic rings. The molecule has 0 aromatic heterocycles. The molecule has 0 fully saturated rings. The monoisotopic (exact) mass is 377 g/mol. The van der Waals surface area contributed by atoms with E-state index in [4.69, 9.17) is 5.11 Å². The summed E-state index contributed by atoms with van der Waals surface area (Å²) in [4.78, 5) is 12.5. The first-order chi connectivity index (χ1) is 9.69. The number of aliphatic carboxylic acids is 1. The van der Waals surface area contributed by atoms with Crippen LogP contribution in [0.5, 0.6) is 0 Å². The largest absolute Gasteiger partial charge is 0.480 e. The summed E-state index contributed by atoms with van der Waals surface area (Å²) in [6.45, 7) is 4.92. The van der Waals surface area contributed by atoms with Gasteiger partial charge in [0.2, 0.25) is 0 Å². The number of nitrogens with zero attached hydrogens (tertiary/aromatic N) is 1. The number of hydrogen-bond acceptors (Lipinski definition) is 4. The van der Waals surface area contributed by atoms with Gasteiger partial charge in [0, 0.05) is 23.6 Å². The van der Waals surface area contributed by atoms with Gasteiger partial charge < -0.3 is 5.11 Å². The van der Waals surface area contributed by atoms with E-state index in [1.54, 1.807) is 0 Å². The number of sulfone groups is 1. The molecule has 0 atom stereocenters. The second-order valence-electron chi connectivity index (χ2n) is 5.18. The van der Waals surface area contributed by atoms with E-state index in [1.807, 2.05) is 43.0 Å². The topological polar surface area (TPSA) is 74.7 Å². The van der Waals surface area contributed by atoms with Gasteiger partial charge in [-0.3, -0.25) is 9.69 Å². The van der Waals surface area contributed by atoms with Gasteiger partial charge in [0.25, 0.3) is 0 Å². The van der Waals surface area contributed by atoms with E-state index in [0.29, 0.717) is 13.1 Å². The lowest BCUT2D eigenvalue weighted by molar-refractivity contribution is -0.134. The molecule has 21 heavy (non-hydrogen) atoms. The second-order valence-corrected chi connectivity index (χ2v) is 8.28. The Morgan fingerprint density at radius 3 is 2.57 bits per heavy atom. The fourth-order valence-electron chi connectivity index (χ4n) is 1.91. The Balaban J connectivity index is 2.69. The molecule has 1 aromatic carbocycles. The lowest BCUT2D eigenvalue weighted by atomic mass is 10.2. The molecule has 0 unspecified atom stereocenters. The van der Waals surface area contributed by atoms with Crippen LogP contribution in [-0.4, -0.2) is 48.5 Å². The average Bonchev–Trinajstić information content (AvgIpc) is 2.32. The molecular formula is C14H20BrNO4S. The number of halogens is 1. The lowest BCUT2D eigenvalue weighted by Gasteiger charge is -2.26. The summed E-state index contributed by atoms with van der Waals surface area (Å²) in [6, 6.07) is 8.00. The molecule has 1 rings (SSSR count). The minimum absolute atomic E-state index is 0.147. The predicted octanol–water partition coefficient (Wildman–Crippen LogP) is 2.16. The van der Waals surface area contributed by atoms with Crippen LogP contribution in [0.2, 0.25) is 0 Å². The zero-order chi connectivity index (χ0) is 16.0. The van der Waals surface area contributed by atoms with Crippen LogP contribution in [0.25, 0.3) is 0 Å². The van der Waals surface area contributed by atoms with Crippen molar-refractivity contribution in [1.29, 1.82) is 0 Å². The van der Waals surface area contributed by atoms with Crippen molar-refractivity contribution in [3.63, 3.8) is 0 Å². The molecule has 0 aliphatic carbocycles. The van der Waals surface area contributed by atoms with E-state index >= 15 is 0 Å². The van der Waals surface area contributed by atoms with E-state index < -0.39 is 21.6 Å². The molecule has 118 valence electrons. The first-order valence-corrected chi connectivity index (χ1v) is 9.22. The summed E-state index contributed by atoms with van der Waals surface area (Å²) >= 11 is 3.41. The van der Waals surface area contributed by atoms with Gasteiger partial charge in [0.15, 0.2) is 9.84 Å². The number of benzene rings is 1. The van der Waals surface area contributed by atoms with Crippen molar-refractivity contribution >= 4 is 31.7 Å². The van der Waals surface area contributed by atoms with Gasteiger partial charge in [-0.1, -0.05) is 28.1 Å². The van der Waals surface area contributed by atoms with Crippen molar-refractivity contribution in [2.75, 3.05) is 18.1 Å². The summed E-state index contributed by atoms with van der Waals surface area (Å²) in [5.41, 5.74) is 1.08. The number of carboxylic acids is 1. The van der Waals surface area contributed by atoms with E-state index in [1.165, 1.54) is 0 Å². The van der Waals surface area contributed by atoms with Gasteiger partial charge in [-0.05, 0) is 31.5 Å². The predicted molar refractivity (Wildman–Crippen MR) is 86.0 cm³/mol. The Labute approximate surface area is 134 Å². The zero-order valence-corrected chi connectivity index (χ0v) is 14.5. The summed E-state index contributed by atoms with van der Waals surface area (Å²) in [6.07, 6.45) is 0. The maximum atomic E-state index is 11.7. The first kappa shape index (κ1) is 18.1. The number of rotatable bonds is 8. The molecular weight excluding hydrogens is 358 g/mol. The van der Waals surface area contributed by atoms with Crippen LogP contribution >= 0.6 is 15.9 Å². The zero-order valence-electron chi connectivity index (χ0n) is 12.1. The number of hydrogen-bond donors (Lipinski definition) is 1. The Morgan fingerprint density at radius 1 is 1.38 bits per heavy atom. The van der Waals surface area contributed by atoms with Crippen molar-refractivity contribution in [3.8, 4) is 0 Å². The van der Waals surface area contributed by atoms with Crippen molar-refractivity contribution < 1.29 is 18.3 Å². The van der Waals surface area contributed by atoms with Crippen molar-refractivity contribution in [2.45, 2.75) is 26.4 Å². The van der Waals surface area contributed by atoms with E-state index in [9.17, 15) is 13.2 Å². The third-order valence-corrected chi connectivity index (χ3v) is 5.02. The third-order valence-electron chi connectivity index (χ3n) is 3.04. The Hall–Kier alpha value is -0.920. The minimum atomic E-state index is -3.56. The third kappa shape index (κ3) is 7.06. The van der Waals surface area contributed by atoms with Gasteiger partial charge in [0.1, 0.15) is 5.75 Å². The van der Waals surface area contributed by atoms with Gasteiger partial charge in [-0.15, -0.1) is 0 Å². The fraction of sp³-hybridized carbons (Fsp3) is 0.500. The summed E-state index contributed by atoms with van der Waals surface area (Å²) in [5, 5.41) is 8.59. The molecule has 0 spiro atoms. The standard InChI is InChI=1S/C14H20BrNO4S/c1-11(2)16(6-7-21(19,20)10-14(17)18)9-12-4-3-5-13(15)8-12/h3-5,8,11H,6-7,9-10H2,1-2H3,(H,17,18). The molecule has 0 aliphatic rings. The van der Waals surface area contributed by atoms with Crippen molar-refractivity contribution in [3.05, 3.63) is 34.3 Å². The smallest absolute Gasteiger partial charge is 0.318 e. The Kier molecular flexibility index (Phi) is 6.83. The molecule has 5 nitrogen and oxygen atoms in total.